The van der Waals surface area contributed by atoms with E-state index in [-0.39, 0.29) is 0 Å². The van der Waals surface area contributed by atoms with Gasteiger partial charge in [-0.15, -0.1) is 0 Å². The summed E-state index contributed by atoms with van der Waals surface area (Å²) in [4.78, 5) is 3.33. The van der Waals surface area contributed by atoms with Crippen LogP contribution in [0.15, 0.2) is 48.5 Å². The van der Waals surface area contributed by atoms with Gasteiger partial charge in [0.1, 0.15) is 45.0 Å². The Kier molecular flexibility index (Phi) is 5.55. The molecule has 122 valence electrons. The fourth-order valence-electron chi connectivity index (χ4n) is 3.28. The van der Waals surface area contributed by atoms with Crippen molar-refractivity contribution in [3.8, 4) is 5.75 Å². The van der Waals surface area contributed by atoms with Crippen molar-refractivity contribution in [3.63, 3.8) is 0 Å². The third-order valence-electron chi connectivity index (χ3n) is 4.62. The van der Waals surface area contributed by atoms with Crippen LogP contribution in [0.4, 0.5) is 0 Å². The maximum Gasteiger partial charge on any atom is 0.127 e. The zero-order chi connectivity index (χ0) is 16.1. The molecule has 2 N–H and O–H groups in total. The van der Waals surface area contributed by atoms with E-state index in [4.69, 9.17) is 16.3 Å². The number of quaternary nitrogens is 2. The van der Waals surface area contributed by atoms with Crippen LogP contribution in [-0.2, 0) is 13.1 Å². The third kappa shape index (κ3) is 4.71. The van der Waals surface area contributed by atoms with Crippen LogP contribution in [0.1, 0.15) is 11.1 Å². The van der Waals surface area contributed by atoms with Gasteiger partial charge in [0.2, 0.25) is 0 Å². The molecule has 3 nitrogen and oxygen atoms in total. The van der Waals surface area contributed by atoms with Gasteiger partial charge in [-0.1, -0.05) is 23.7 Å². The van der Waals surface area contributed by atoms with Crippen LogP contribution in [0, 0.1) is 0 Å². The summed E-state index contributed by atoms with van der Waals surface area (Å²) in [5.74, 6) is 0.930. The van der Waals surface area contributed by atoms with Crippen molar-refractivity contribution in [2.45, 2.75) is 13.1 Å². The molecule has 0 aromatic heterocycles. The average molecular weight is 333 g/mol. The van der Waals surface area contributed by atoms with Gasteiger partial charge in [-0.2, -0.15) is 0 Å². The van der Waals surface area contributed by atoms with E-state index < -0.39 is 0 Å². The maximum atomic E-state index is 6.08. The molecule has 4 heteroatoms. The van der Waals surface area contributed by atoms with Crippen molar-refractivity contribution in [1.29, 1.82) is 0 Å². The molecule has 1 fully saturated rings. The molecule has 0 spiro atoms. The minimum Gasteiger partial charge on any atom is -0.497 e. The average Bonchev–Trinajstić information content (AvgIpc) is 2.57. The maximum absolute atomic E-state index is 6.08. The molecule has 0 unspecified atom stereocenters. The molecule has 0 saturated carbocycles. The monoisotopic (exact) mass is 332 g/mol. The summed E-state index contributed by atoms with van der Waals surface area (Å²) in [6, 6.07) is 16.7. The second-order valence-corrected chi connectivity index (χ2v) is 6.77. The van der Waals surface area contributed by atoms with Crippen LogP contribution in [-0.4, -0.2) is 33.3 Å². The molecule has 2 aromatic carbocycles. The van der Waals surface area contributed by atoms with Gasteiger partial charge < -0.3 is 14.5 Å². The lowest BCUT2D eigenvalue weighted by Crippen LogP contribution is -3.27. The molecule has 1 aliphatic heterocycles. The van der Waals surface area contributed by atoms with Gasteiger partial charge in [-0.05, 0) is 36.4 Å². The van der Waals surface area contributed by atoms with Crippen LogP contribution < -0.4 is 14.5 Å². The van der Waals surface area contributed by atoms with E-state index in [2.05, 4.69) is 36.4 Å². The van der Waals surface area contributed by atoms with Crippen LogP contribution >= 0.6 is 11.6 Å². The number of hydrogen-bond acceptors (Lipinski definition) is 1. The first-order valence-corrected chi connectivity index (χ1v) is 8.65. The normalized spacial score (nSPS) is 21.1. The van der Waals surface area contributed by atoms with Crippen LogP contribution in [0.25, 0.3) is 0 Å². The number of nitrogens with one attached hydrogen (secondary N) is 2. The Labute approximate surface area is 143 Å². The lowest BCUT2D eigenvalue weighted by atomic mass is 10.1. The van der Waals surface area contributed by atoms with Gasteiger partial charge >= 0.3 is 0 Å². The molecular weight excluding hydrogens is 308 g/mol. The van der Waals surface area contributed by atoms with Gasteiger partial charge in [0.05, 0.1) is 7.11 Å². The lowest BCUT2D eigenvalue weighted by molar-refractivity contribution is -1.02. The minimum atomic E-state index is 0.839. The Balaban J connectivity index is 1.48. The minimum absolute atomic E-state index is 0.839. The smallest absolute Gasteiger partial charge is 0.127 e. The van der Waals surface area contributed by atoms with E-state index in [0.29, 0.717) is 0 Å². The Morgan fingerprint density at radius 3 is 2.04 bits per heavy atom. The molecule has 1 saturated heterocycles. The lowest BCUT2D eigenvalue weighted by Gasteiger charge is -2.29. The Bertz CT molecular complexity index is 622. The van der Waals surface area contributed by atoms with Crippen LogP contribution in [0.5, 0.6) is 5.75 Å². The van der Waals surface area contributed by atoms with Gasteiger partial charge in [0.25, 0.3) is 0 Å². The highest BCUT2D eigenvalue weighted by Crippen LogP contribution is 2.10. The highest BCUT2D eigenvalue weighted by atomic mass is 35.5. The van der Waals surface area contributed by atoms with Gasteiger partial charge in [0, 0.05) is 16.1 Å². The first kappa shape index (κ1) is 16.3. The second-order valence-electron chi connectivity index (χ2n) is 6.33. The third-order valence-corrected chi connectivity index (χ3v) is 4.86. The topological polar surface area (TPSA) is 18.1 Å². The summed E-state index contributed by atoms with van der Waals surface area (Å²) >= 11 is 6.08. The molecule has 0 bridgehead atoms. The summed E-state index contributed by atoms with van der Waals surface area (Å²) in [6.45, 7) is 7.07. The molecule has 2 aromatic rings. The van der Waals surface area contributed by atoms with Crippen molar-refractivity contribution in [2.75, 3.05) is 33.3 Å². The molecule has 3 rings (SSSR count). The van der Waals surface area contributed by atoms with E-state index in [1.807, 2.05) is 12.1 Å². The van der Waals surface area contributed by atoms with Gasteiger partial charge in [0.15, 0.2) is 0 Å². The van der Waals surface area contributed by atoms with E-state index >= 15 is 0 Å². The summed E-state index contributed by atoms with van der Waals surface area (Å²) in [5.41, 5.74) is 2.73. The van der Waals surface area contributed by atoms with E-state index in [1.165, 1.54) is 37.3 Å². The van der Waals surface area contributed by atoms with Gasteiger partial charge in [-0.3, -0.25) is 0 Å². The van der Waals surface area contributed by atoms with Crippen LogP contribution in [0.2, 0.25) is 5.02 Å². The first-order chi connectivity index (χ1) is 11.2. The molecule has 0 radical (unpaired) electrons. The zero-order valence-corrected chi connectivity index (χ0v) is 14.4. The fraction of sp³-hybridized carbons (Fsp3) is 0.368. The summed E-state index contributed by atoms with van der Waals surface area (Å²) in [5, 5.41) is 0.839. The van der Waals surface area contributed by atoms with Crippen molar-refractivity contribution >= 4 is 11.6 Å². The molecule has 0 amide bonds. The van der Waals surface area contributed by atoms with Crippen molar-refractivity contribution in [1.82, 2.24) is 0 Å². The number of benzene rings is 2. The second kappa shape index (κ2) is 7.82. The SMILES string of the molecule is COc1ccc(C[NH+]2CC[NH+](Cc3cccc(Cl)c3)CC2)cc1. The Morgan fingerprint density at radius 2 is 1.48 bits per heavy atom. The molecule has 0 aliphatic carbocycles. The van der Waals surface area contributed by atoms with Crippen LogP contribution in [0.3, 0.4) is 0 Å². The number of halogens is 1. The van der Waals surface area contributed by atoms with Gasteiger partial charge in [-0.25, -0.2) is 0 Å². The zero-order valence-electron chi connectivity index (χ0n) is 13.6. The molecular formula is C19H25ClN2O+2. The van der Waals surface area contributed by atoms with Crippen molar-refractivity contribution in [2.24, 2.45) is 0 Å². The standard InChI is InChI=1S/C19H23ClN2O/c1-23-19-7-5-16(6-8-19)14-21-9-11-22(12-10-21)15-17-3-2-4-18(20)13-17/h2-8,13H,9-12,14-15H2,1H3/p+2. The quantitative estimate of drug-likeness (QED) is 0.830. The summed E-state index contributed by atoms with van der Waals surface area (Å²) in [6.07, 6.45) is 0. The molecule has 1 aliphatic rings. The fourth-order valence-corrected chi connectivity index (χ4v) is 3.49. The Hall–Kier alpha value is -1.55. The van der Waals surface area contributed by atoms with E-state index in [0.717, 1.165) is 23.9 Å². The highest BCUT2D eigenvalue weighted by Gasteiger charge is 2.23. The molecule has 1 heterocycles. The number of hydrogen-bond donors (Lipinski definition) is 2. The number of piperazine rings is 1. The number of rotatable bonds is 5. The van der Waals surface area contributed by atoms with Crippen molar-refractivity contribution < 1.29 is 14.5 Å². The van der Waals surface area contributed by atoms with E-state index in [9.17, 15) is 0 Å². The Morgan fingerprint density at radius 1 is 0.870 bits per heavy atom. The molecule has 0 atom stereocenters. The summed E-state index contributed by atoms with van der Waals surface area (Å²) in [7, 11) is 1.71. The first-order valence-electron chi connectivity index (χ1n) is 8.27. The number of ether oxygens (including phenoxy) is 1. The predicted molar refractivity (Wildman–Crippen MR) is 93.2 cm³/mol. The molecule has 23 heavy (non-hydrogen) atoms. The largest absolute Gasteiger partial charge is 0.497 e. The summed E-state index contributed by atoms with van der Waals surface area (Å²) < 4.78 is 5.22. The van der Waals surface area contributed by atoms with E-state index in [1.54, 1.807) is 16.9 Å². The van der Waals surface area contributed by atoms with Crippen molar-refractivity contribution in [3.05, 3.63) is 64.7 Å². The highest BCUT2D eigenvalue weighted by molar-refractivity contribution is 6.30. The number of methoxy groups -OCH3 is 1. The predicted octanol–water partition coefficient (Wildman–Crippen LogP) is 0.832.